The fourth-order valence-electron chi connectivity index (χ4n) is 3.30. The van der Waals surface area contributed by atoms with Crippen LogP contribution in [0.4, 0.5) is 17.1 Å². The van der Waals surface area contributed by atoms with Gasteiger partial charge in [0.25, 0.3) is 5.91 Å². The second-order valence-corrected chi connectivity index (χ2v) is 6.75. The lowest BCUT2D eigenvalue weighted by molar-refractivity contribution is -0.114. The molecule has 0 fully saturated rings. The lowest BCUT2D eigenvalue weighted by Gasteiger charge is -2.26. The maximum absolute atomic E-state index is 13.1. The first-order valence-corrected chi connectivity index (χ1v) is 9.02. The van der Waals surface area contributed by atoms with E-state index >= 15 is 0 Å². The molecule has 3 aromatic rings. The molecule has 2 aromatic carbocycles. The number of nitrogens with one attached hydrogen (secondary N) is 2. The van der Waals surface area contributed by atoms with E-state index in [1.165, 1.54) is 6.92 Å². The Labute approximate surface area is 163 Å². The number of pyridine rings is 1. The van der Waals surface area contributed by atoms with Crippen molar-refractivity contribution in [2.24, 2.45) is 0 Å². The average Bonchev–Trinajstić information content (AvgIpc) is 2.96. The van der Waals surface area contributed by atoms with Crippen molar-refractivity contribution < 1.29 is 9.59 Å². The highest BCUT2D eigenvalue weighted by Gasteiger charge is 2.38. The molecule has 1 atom stereocenters. The van der Waals surface area contributed by atoms with E-state index in [1.807, 2.05) is 55.5 Å². The third-order valence-corrected chi connectivity index (χ3v) is 4.63. The van der Waals surface area contributed by atoms with E-state index in [2.05, 4.69) is 15.6 Å². The first kappa shape index (κ1) is 17.7. The summed E-state index contributed by atoms with van der Waals surface area (Å²) in [5.41, 5.74) is 4.76. The summed E-state index contributed by atoms with van der Waals surface area (Å²) in [6.07, 6.45) is 1.28. The van der Waals surface area contributed by atoms with Gasteiger partial charge in [-0.3, -0.25) is 19.5 Å². The molecule has 1 aliphatic heterocycles. The minimum atomic E-state index is -0.418. The zero-order valence-corrected chi connectivity index (χ0v) is 15.6. The van der Waals surface area contributed by atoms with Gasteiger partial charge in [-0.15, -0.1) is 0 Å². The van der Waals surface area contributed by atoms with Gasteiger partial charge < -0.3 is 10.6 Å². The Balaban J connectivity index is 1.68. The van der Waals surface area contributed by atoms with Crippen molar-refractivity contribution in [2.45, 2.75) is 20.0 Å². The van der Waals surface area contributed by atoms with Crippen LogP contribution >= 0.6 is 0 Å². The Bertz CT molecular complexity index is 1030. The van der Waals surface area contributed by atoms with Crippen LogP contribution in [-0.4, -0.2) is 16.8 Å². The van der Waals surface area contributed by atoms with Gasteiger partial charge in [0, 0.05) is 30.2 Å². The number of amides is 2. The standard InChI is InChI=1S/C22H20N4O2/c1-14-5-11-18(12-6-14)26-21(20-19(22(26)28)4-3-13-23-20)25-17-9-7-16(8-10-17)24-15(2)27/h3-13,21,25H,1-2H3,(H,24,27). The number of nitrogens with zero attached hydrogens (tertiary/aromatic N) is 2. The average molecular weight is 372 g/mol. The Morgan fingerprint density at radius 2 is 1.68 bits per heavy atom. The molecule has 0 aliphatic carbocycles. The quantitative estimate of drug-likeness (QED) is 0.722. The van der Waals surface area contributed by atoms with Gasteiger partial charge in [-0.05, 0) is 55.5 Å². The van der Waals surface area contributed by atoms with E-state index in [4.69, 9.17) is 0 Å². The summed E-state index contributed by atoms with van der Waals surface area (Å²) < 4.78 is 0. The van der Waals surface area contributed by atoms with Crippen LogP contribution in [0.25, 0.3) is 0 Å². The van der Waals surface area contributed by atoms with Gasteiger partial charge in [-0.1, -0.05) is 17.7 Å². The molecule has 0 saturated carbocycles. The largest absolute Gasteiger partial charge is 0.360 e. The summed E-state index contributed by atoms with van der Waals surface area (Å²) in [7, 11) is 0. The minimum Gasteiger partial charge on any atom is -0.360 e. The Morgan fingerprint density at radius 3 is 2.36 bits per heavy atom. The number of benzene rings is 2. The molecule has 0 spiro atoms. The summed E-state index contributed by atoms with van der Waals surface area (Å²) in [6.45, 7) is 3.48. The highest BCUT2D eigenvalue weighted by molar-refractivity contribution is 6.11. The number of carbonyl (C=O) groups excluding carboxylic acids is 2. The van der Waals surface area contributed by atoms with Crippen LogP contribution in [0.3, 0.4) is 0 Å². The van der Waals surface area contributed by atoms with Gasteiger partial charge >= 0.3 is 0 Å². The van der Waals surface area contributed by atoms with E-state index in [0.717, 1.165) is 22.6 Å². The van der Waals surface area contributed by atoms with Crippen molar-refractivity contribution in [1.29, 1.82) is 0 Å². The minimum absolute atomic E-state index is 0.0840. The number of fused-ring (bicyclic) bond motifs is 1. The van der Waals surface area contributed by atoms with Crippen molar-refractivity contribution >= 4 is 28.9 Å². The summed E-state index contributed by atoms with van der Waals surface area (Å²) >= 11 is 0. The summed E-state index contributed by atoms with van der Waals surface area (Å²) in [5, 5.41) is 6.15. The molecule has 2 heterocycles. The second kappa shape index (κ2) is 7.15. The monoisotopic (exact) mass is 372 g/mol. The van der Waals surface area contributed by atoms with Crippen molar-refractivity contribution in [3.8, 4) is 0 Å². The number of anilines is 3. The Kier molecular flexibility index (Phi) is 4.53. The maximum Gasteiger partial charge on any atom is 0.262 e. The van der Waals surface area contributed by atoms with Crippen LogP contribution in [0.15, 0.2) is 66.9 Å². The number of aromatic nitrogens is 1. The topological polar surface area (TPSA) is 74.3 Å². The first-order valence-electron chi connectivity index (χ1n) is 9.02. The number of hydrogen-bond acceptors (Lipinski definition) is 4. The van der Waals surface area contributed by atoms with Gasteiger partial charge in [0.05, 0.1) is 11.3 Å². The molecule has 4 rings (SSSR count). The molecule has 2 amide bonds. The van der Waals surface area contributed by atoms with Crippen LogP contribution in [-0.2, 0) is 4.79 Å². The SMILES string of the molecule is CC(=O)Nc1ccc(NC2c3ncccc3C(=O)N2c2ccc(C)cc2)cc1. The predicted octanol–water partition coefficient (Wildman–Crippen LogP) is 4.12. The highest BCUT2D eigenvalue weighted by atomic mass is 16.2. The molecule has 6 heteroatoms. The molecule has 2 N–H and O–H groups in total. The van der Waals surface area contributed by atoms with Crippen LogP contribution in [0, 0.1) is 6.92 Å². The van der Waals surface area contributed by atoms with E-state index in [-0.39, 0.29) is 11.8 Å². The van der Waals surface area contributed by atoms with Gasteiger partial charge in [0.15, 0.2) is 6.17 Å². The summed E-state index contributed by atoms with van der Waals surface area (Å²) in [4.78, 5) is 30.4. The molecule has 0 bridgehead atoms. The van der Waals surface area contributed by atoms with E-state index in [1.54, 1.807) is 23.2 Å². The summed E-state index contributed by atoms with van der Waals surface area (Å²) in [5.74, 6) is -0.204. The molecule has 0 radical (unpaired) electrons. The van der Waals surface area contributed by atoms with Gasteiger partial charge in [-0.2, -0.15) is 0 Å². The molecular formula is C22H20N4O2. The fourth-order valence-corrected chi connectivity index (χ4v) is 3.30. The third kappa shape index (κ3) is 3.32. The summed E-state index contributed by atoms with van der Waals surface area (Å²) in [6, 6.07) is 18.8. The van der Waals surface area contributed by atoms with Crippen molar-refractivity contribution in [3.05, 3.63) is 83.7 Å². The van der Waals surface area contributed by atoms with E-state index in [9.17, 15) is 9.59 Å². The number of rotatable bonds is 4. The van der Waals surface area contributed by atoms with Crippen LogP contribution in [0.5, 0.6) is 0 Å². The van der Waals surface area contributed by atoms with E-state index in [0.29, 0.717) is 11.3 Å². The van der Waals surface area contributed by atoms with Gasteiger partial charge in [-0.25, -0.2) is 0 Å². The van der Waals surface area contributed by atoms with E-state index < -0.39 is 6.17 Å². The normalized spacial score (nSPS) is 15.3. The zero-order chi connectivity index (χ0) is 19.7. The van der Waals surface area contributed by atoms with Gasteiger partial charge in [0.2, 0.25) is 5.91 Å². The molecule has 28 heavy (non-hydrogen) atoms. The molecule has 1 aliphatic rings. The van der Waals surface area contributed by atoms with Gasteiger partial charge in [0.1, 0.15) is 0 Å². The Hall–Kier alpha value is -3.67. The Morgan fingerprint density at radius 1 is 1.00 bits per heavy atom. The molecule has 140 valence electrons. The third-order valence-electron chi connectivity index (χ3n) is 4.63. The first-order chi connectivity index (χ1) is 13.5. The number of carbonyl (C=O) groups is 2. The fraction of sp³-hybridized carbons (Fsp3) is 0.136. The lowest BCUT2D eigenvalue weighted by Crippen LogP contribution is -2.32. The smallest absolute Gasteiger partial charge is 0.262 e. The van der Waals surface area contributed by atoms with Crippen LogP contribution in [0.2, 0.25) is 0 Å². The highest BCUT2D eigenvalue weighted by Crippen LogP contribution is 2.37. The lowest BCUT2D eigenvalue weighted by atomic mass is 10.2. The van der Waals surface area contributed by atoms with Crippen molar-refractivity contribution in [2.75, 3.05) is 15.5 Å². The molecule has 1 aromatic heterocycles. The van der Waals surface area contributed by atoms with Crippen molar-refractivity contribution in [1.82, 2.24) is 4.98 Å². The zero-order valence-electron chi connectivity index (χ0n) is 15.6. The number of aryl methyl sites for hydroxylation is 1. The maximum atomic E-state index is 13.1. The molecule has 0 saturated heterocycles. The predicted molar refractivity (Wildman–Crippen MR) is 109 cm³/mol. The molecular weight excluding hydrogens is 352 g/mol. The molecule has 6 nitrogen and oxygen atoms in total. The molecule has 1 unspecified atom stereocenters. The van der Waals surface area contributed by atoms with Crippen LogP contribution in [0.1, 0.15) is 34.7 Å². The van der Waals surface area contributed by atoms with Crippen molar-refractivity contribution in [3.63, 3.8) is 0 Å². The number of hydrogen-bond donors (Lipinski definition) is 2. The van der Waals surface area contributed by atoms with Crippen LogP contribution < -0.4 is 15.5 Å². The second-order valence-electron chi connectivity index (χ2n) is 6.75.